The standard InChI is InChI=1S/C17H20N6O/c1-4-23-12(3)16(11(2)22-23)20-17(24)19-14-7-5-13(6-8-14)15-9-10-18-21-15/h5-10H,4H2,1-3H3,(H,18,21)(H2,19,20,24). The molecule has 0 spiro atoms. The van der Waals surface area contributed by atoms with Crippen LogP contribution < -0.4 is 10.6 Å². The first-order chi connectivity index (χ1) is 11.6. The van der Waals surface area contributed by atoms with Crippen molar-refractivity contribution in [1.29, 1.82) is 0 Å². The number of nitrogens with one attached hydrogen (secondary N) is 3. The second-order valence-electron chi connectivity index (χ2n) is 5.49. The number of hydrogen-bond acceptors (Lipinski definition) is 3. The lowest BCUT2D eigenvalue weighted by atomic mass is 10.1. The molecule has 0 atom stereocenters. The van der Waals surface area contributed by atoms with Crippen LogP contribution in [0, 0.1) is 13.8 Å². The molecule has 3 N–H and O–H groups in total. The summed E-state index contributed by atoms with van der Waals surface area (Å²) in [7, 11) is 0. The van der Waals surface area contributed by atoms with Gasteiger partial charge in [0.2, 0.25) is 0 Å². The van der Waals surface area contributed by atoms with E-state index >= 15 is 0 Å². The number of aromatic amines is 1. The van der Waals surface area contributed by atoms with E-state index in [0.717, 1.165) is 34.9 Å². The van der Waals surface area contributed by atoms with Crippen LogP contribution in [0.5, 0.6) is 0 Å². The number of rotatable bonds is 4. The molecule has 0 radical (unpaired) electrons. The Kier molecular flexibility index (Phi) is 4.33. The van der Waals surface area contributed by atoms with Gasteiger partial charge in [0.05, 0.1) is 22.8 Å². The number of amides is 2. The van der Waals surface area contributed by atoms with Gasteiger partial charge in [0.1, 0.15) is 0 Å². The summed E-state index contributed by atoms with van der Waals surface area (Å²) >= 11 is 0. The van der Waals surface area contributed by atoms with Crippen molar-refractivity contribution in [1.82, 2.24) is 20.0 Å². The molecule has 0 saturated heterocycles. The van der Waals surface area contributed by atoms with E-state index < -0.39 is 0 Å². The van der Waals surface area contributed by atoms with Crippen LogP contribution in [0.3, 0.4) is 0 Å². The summed E-state index contributed by atoms with van der Waals surface area (Å²) in [4.78, 5) is 12.2. The van der Waals surface area contributed by atoms with E-state index in [1.54, 1.807) is 6.20 Å². The monoisotopic (exact) mass is 324 g/mol. The molecule has 3 rings (SSSR count). The molecule has 2 heterocycles. The fourth-order valence-corrected chi connectivity index (χ4v) is 2.61. The largest absolute Gasteiger partial charge is 0.323 e. The third-order valence-corrected chi connectivity index (χ3v) is 3.87. The molecular weight excluding hydrogens is 304 g/mol. The fraction of sp³-hybridized carbons (Fsp3) is 0.235. The highest BCUT2D eigenvalue weighted by molar-refractivity contribution is 6.00. The van der Waals surface area contributed by atoms with Crippen LogP contribution in [-0.4, -0.2) is 26.0 Å². The van der Waals surface area contributed by atoms with Crippen LogP contribution in [0.4, 0.5) is 16.2 Å². The summed E-state index contributed by atoms with van der Waals surface area (Å²) in [6, 6.07) is 9.16. The molecule has 124 valence electrons. The quantitative estimate of drug-likeness (QED) is 0.686. The zero-order valence-electron chi connectivity index (χ0n) is 13.9. The van der Waals surface area contributed by atoms with Crippen molar-refractivity contribution >= 4 is 17.4 Å². The van der Waals surface area contributed by atoms with E-state index in [1.807, 2.05) is 55.8 Å². The van der Waals surface area contributed by atoms with Crippen molar-refractivity contribution in [3.05, 3.63) is 47.9 Å². The Bertz CT molecular complexity index is 833. The molecule has 0 aliphatic carbocycles. The predicted octanol–water partition coefficient (Wildman–Crippen LogP) is 3.55. The predicted molar refractivity (Wildman–Crippen MR) is 94.0 cm³/mol. The number of anilines is 2. The van der Waals surface area contributed by atoms with Gasteiger partial charge in [-0.1, -0.05) is 12.1 Å². The van der Waals surface area contributed by atoms with E-state index in [0.29, 0.717) is 5.69 Å². The van der Waals surface area contributed by atoms with Crippen molar-refractivity contribution in [2.75, 3.05) is 10.6 Å². The lowest BCUT2D eigenvalue weighted by Crippen LogP contribution is -2.20. The second-order valence-corrected chi connectivity index (χ2v) is 5.49. The number of nitrogens with zero attached hydrogens (tertiary/aromatic N) is 3. The average Bonchev–Trinajstić information content (AvgIpc) is 3.19. The van der Waals surface area contributed by atoms with Crippen molar-refractivity contribution in [2.24, 2.45) is 0 Å². The molecule has 3 aromatic rings. The summed E-state index contributed by atoms with van der Waals surface area (Å²) < 4.78 is 1.87. The molecule has 24 heavy (non-hydrogen) atoms. The maximum Gasteiger partial charge on any atom is 0.323 e. The van der Waals surface area contributed by atoms with Crippen LogP contribution in [-0.2, 0) is 6.54 Å². The second kappa shape index (κ2) is 6.57. The summed E-state index contributed by atoms with van der Waals surface area (Å²) in [6.07, 6.45) is 1.70. The zero-order chi connectivity index (χ0) is 17.1. The Morgan fingerprint density at radius 3 is 2.50 bits per heavy atom. The summed E-state index contributed by atoms with van der Waals surface area (Å²) in [5.74, 6) is 0. The number of aromatic nitrogens is 4. The Morgan fingerprint density at radius 1 is 1.17 bits per heavy atom. The highest BCUT2D eigenvalue weighted by Gasteiger charge is 2.13. The highest BCUT2D eigenvalue weighted by atomic mass is 16.2. The van der Waals surface area contributed by atoms with Crippen LogP contribution in [0.25, 0.3) is 11.3 Å². The number of benzene rings is 1. The normalized spacial score (nSPS) is 10.6. The van der Waals surface area contributed by atoms with Crippen molar-refractivity contribution in [3.8, 4) is 11.3 Å². The van der Waals surface area contributed by atoms with Crippen molar-refractivity contribution in [3.63, 3.8) is 0 Å². The van der Waals surface area contributed by atoms with Gasteiger partial charge in [-0.05, 0) is 44.5 Å². The third kappa shape index (κ3) is 3.15. The summed E-state index contributed by atoms with van der Waals surface area (Å²) in [5, 5.41) is 16.9. The minimum atomic E-state index is -0.286. The molecule has 0 bridgehead atoms. The van der Waals surface area contributed by atoms with Crippen molar-refractivity contribution < 1.29 is 4.79 Å². The van der Waals surface area contributed by atoms with Gasteiger partial charge in [-0.15, -0.1) is 0 Å². The maximum atomic E-state index is 12.2. The minimum Gasteiger partial charge on any atom is -0.308 e. The average molecular weight is 324 g/mol. The van der Waals surface area contributed by atoms with Crippen molar-refractivity contribution in [2.45, 2.75) is 27.3 Å². The van der Waals surface area contributed by atoms with Crippen LogP contribution in [0.2, 0.25) is 0 Å². The van der Waals surface area contributed by atoms with E-state index in [4.69, 9.17) is 0 Å². The molecule has 7 nitrogen and oxygen atoms in total. The summed E-state index contributed by atoms with van der Waals surface area (Å²) in [6.45, 7) is 6.61. The van der Waals surface area contributed by atoms with Gasteiger partial charge < -0.3 is 10.6 Å². The van der Waals surface area contributed by atoms with E-state index in [-0.39, 0.29) is 6.03 Å². The first kappa shape index (κ1) is 15.8. The number of urea groups is 1. The number of carbonyl (C=O) groups excluding carboxylic acids is 1. The van der Waals surface area contributed by atoms with Gasteiger partial charge in [0.25, 0.3) is 0 Å². The number of aryl methyl sites for hydroxylation is 2. The van der Waals surface area contributed by atoms with Crippen LogP contribution >= 0.6 is 0 Å². The van der Waals surface area contributed by atoms with Crippen LogP contribution in [0.1, 0.15) is 18.3 Å². The van der Waals surface area contributed by atoms with Gasteiger partial charge in [0, 0.05) is 18.4 Å². The molecule has 7 heteroatoms. The Balaban J connectivity index is 1.68. The highest BCUT2D eigenvalue weighted by Crippen LogP contribution is 2.21. The summed E-state index contributed by atoms with van der Waals surface area (Å²) in [5.41, 5.74) is 5.16. The zero-order valence-corrected chi connectivity index (χ0v) is 13.9. The first-order valence-corrected chi connectivity index (χ1v) is 7.80. The van der Waals surface area contributed by atoms with Crippen LogP contribution in [0.15, 0.2) is 36.5 Å². The Labute approximate surface area is 140 Å². The van der Waals surface area contributed by atoms with Gasteiger partial charge in [-0.3, -0.25) is 9.78 Å². The number of carbonyl (C=O) groups is 1. The molecule has 0 unspecified atom stereocenters. The topological polar surface area (TPSA) is 87.6 Å². The Morgan fingerprint density at radius 2 is 1.92 bits per heavy atom. The molecule has 2 amide bonds. The first-order valence-electron chi connectivity index (χ1n) is 7.80. The van der Waals surface area contributed by atoms with Gasteiger partial charge in [0.15, 0.2) is 0 Å². The molecule has 1 aromatic carbocycles. The van der Waals surface area contributed by atoms with Gasteiger partial charge >= 0.3 is 6.03 Å². The lowest BCUT2D eigenvalue weighted by Gasteiger charge is -2.09. The third-order valence-electron chi connectivity index (χ3n) is 3.87. The molecule has 0 aliphatic rings. The van der Waals surface area contributed by atoms with E-state index in [1.165, 1.54) is 0 Å². The smallest absolute Gasteiger partial charge is 0.308 e. The Hall–Kier alpha value is -3.09. The number of H-pyrrole nitrogens is 1. The van der Waals surface area contributed by atoms with E-state index in [9.17, 15) is 4.79 Å². The molecule has 0 fully saturated rings. The molecular formula is C17H20N6O. The van der Waals surface area contributed by atoms with Gasteiger partial charge in [-0.2, -0.15) is 10.2 Å². The maximum absolute atomic E-state index is 12.2. The molecule has 2 aromatic heterocycles. The van der Waals surface area contributed by atoms with Gasteiger partial charge in [-0.25, -0.2) is 4.79 Å². The minimum absolute atomic E-state index is 0.286. The fourth-order valence-electron chi connectivity index (χ4n) is 2.61. The SMILES string of the molecule is CCn1nc(C)c(NC(=O)Nc2ccc(-c3ccn[nH]3)cc2)c1C. The van der Waals surface area contributed by atoms with E-state index in [2.05, 4.69) is 25.9 Å². The number of hydrogen-bond donors (Lipinski definition) is 3. The molecule has 0 saturated carbocycles. The lowest BCUT2D eigenvalue weighted by molar-refractivity contribution is 0.262. The molecule has 0 aliphatic heterocycles.